The highest BCUT2D eigenvalue weighted by Gasteiger charge is 2.34. The van der Waals surface area contributed by atoms with Crippen molar-refractivity contribution in [1.82, 2.24) is 4.57 Å². The summed E-state index contributed by atoms with van der Waals surface area (Å²) in [4.78, 5) is 43.0. The third-order valence-electron chi connectivity index (χ3n) is 5.54. The number of fused-ring (bicyclic) bond motifs is 1. The number of benzene rings is 2. The van der Waals surface area contributed by atoms with Crippen LogP contribution in [0.25, 0.3) is 6.08 Å². The number of nitro benzene ring substituents is 1. The van der Waals surface area contributed by atoms with Gasteiger partial charge in [-0.1, -0.05) is 47.2 Å². The Kier molecular flexibility index (Phi) is 8.28. The number of hydrogen-bond acceptors (Lipinski definition) is 9. The van der Waals surface area contributed by atoms with Crippen LogP contribution in [-0.4, -0.2) is 39.5 Å². The van der Waals surface area contributed by atoms with Gasteiger partial charge in [0.1, 0.15) is 6.04 Å². The minimum Gasteiger partial charge on any atom is -0.463 e. The number of carbonyl (C=O) groups is 1. The summed E-state index contributed by atoms with van der Waals surface area (Å²) in [6.45, 7) is 3.42. The van der Waals surface area contributed by atoms with E-state index in [0.717, 1.165) is 11.3 Å². The maximum atomic E-state index is 13.7. The van der Waals surface area contributed by atoms with Gasteiger partial charge in [0, 0.05) is 16.8 Å². The van der Waals surface area contributed by atoms with E-state index >= 15 is 0 Å². The topological polar surface area (TPSA) is 124 Å². The summed E-state index contributed by atoms with van der Waals surface area (Å²) in [5, 5.41) is 21.0. The summed E-state index contributed by atoms with van der Waals surface area (Å²) >= 11 is 8.79. The van der Waals surface area contributed by atoms with Crippen molar-refractivity contribution in [2.75, 3.05) is 19.0 Å². The molecule has 4 rings (SSSR count). The van der Waals surface area contributed by atoms with E-state index in [1.165, 1.54) is 22.4 Å². The molecule has 0 aliphatic carbocycles. The van der Waals surface area contributed by atoms with Crippen molar-refractivity contribution in [1.29, 1.82) is 0 Å². The van der Waals surface area contributed by atoms with Crippen LogP contribution in [0.15, 0.2) is 68.4 Å². The smallest absolute Gasteiger partial charge is 0.338 e. The Morgan fingerprint density at radius 1 is 1.35 bits per heavy atom. The van der Waals surface area contributed by atoms with Gasteiger partial charge < -0.3 is 9.84 Å². The molecular weight excluding hydrogens is 538 g/mol. The number of esters is 1. The molecule has 1 atom stereocenters. The van der Waals surface area contributed by atoms with Gasteiger partial charge in [0.2, 0.25) is 0 Å². The van der Waals surface area contributed by atoms with Gasteiger partial charge in [0.15, 0.2) is 4.80 Å². The average Bonchev–Trinajstić information content (AvgIpc) is 3.17. The minimum atomic E-state index is -0.849. The number of nitro groups is 1. The van der Waals surface area contributed by atoms with Crippen molar-refractivity contribution >= 4 is 52.4 Å². The number of thiazole rings is 1. The number of aliphatic hydroxyl groups is 1. The number of aliphatic hydroxyl groups excluding tert-OH is 1. The molecule has 0 amide bonds. The molecule has 9 nitrogen and oxygen atoms in total. The lowest BCUT2D eigenvalue weighted by Crippen LogP contribution is -2.40. The molecule has 0 bridgehead atoms. The average molecular weight is 560 g/mol. The molecule has 12 heteroatoms. The molecule has 0 saturated carbocycles. The molecule has 1 aliphatic heterocycles. The highest BCUT2D eigenvalue weighted by molar-refractivity contribution is 7.99. The van der Waals surface area contributed by atoms with Gasteiger partial charge in [0.25, 0.3) is 11.2 Å². The van der Waals surface area contributed by atoms with Crippen molar-refractivity contribution in [2.45, 2.75) is 24.8 Å². The fourth-order valence-corrected chi connectivity index (χ4v) is 6.02. The van der Waals surface area contributed by atoms with Crippen LogP contribution in [0.4, 0.5) is 5.69 Å². The molecule has 1 N–H and O–H groups in total. The van der Waals surface area contributed by atoms with E-state index in [1.54, 1.807) is 56.3 Å². The first kappa shape index (κ1) is 26.8. The van der Waals surface area contributed by atoms with Crippen molar-refractivity contribution in [3.05, 3.63) is 99.7 Å². The Bertz CT molecular complexity index is 1590. The number of carbonyl (C=O) groups excluding carboxylic acids is 1. The molecule has 0 fully saturated rings. The lowest BCUT2D eigenvalue weighted by atomic mass is 9.96. The van der Waals surface area contributed by atoms with Gasteiger partial charge in [-0.05, 0) is 43.2 Å². The molecule has 1 aliphatic rings. The second-order valence-electron chi connectivity index (χ2n) is 7.88. The fraction of sp³-hybridized carbons (Fsp3) is 0.240. The summed E-state index contributed by atoms with van der Waals surface area (Å²) in [5.41, 5.74) is 1.11. The summed E-state index contributed by atoms with van der Waals surface area (Å²) < 4.78 is 6.98. The van der Waals surface area contributed by atoms with Crippen LogP contribution in [0.2, 0.25) is 5.02 Å². The highest BCUT2D eigenvalue weighted by atomic mass is 35.5. The first-order valence-corrected chi connectivity index (χ1v) is 13.4. The summed E-state index contributed by atoms with van der Waals surface area (Å²) in [6, 6.07) is 10.8. The van der Waals surface area contributed by atoms with E-state index < -0.39 is 22.5 Å². The van der Waals surface area contributed by atoms with Gasteiger partial charge >= 0.3 is 5.97 Å². The normalized spacial score (nSPS) is 15.4. The van der Waals surface area contributed by atoms with Crippen LogP contribution in [0.5, 0.6) is 0 Å². The molecule has 37 heavy (non-hydrogen) atoms. The molecule has 0 unspecified atom stereocenters. The minimum absolute atomic E-state index is 0.107. The third-order valence-corrected chi connectivity index (χ3v) is 7.91. The monoisotopic (exact) mass is 559 g/mol. The molecule has 2 aromatic carbocycles. The van der Waals surface area contributed by atoms with Crippen LogP contribution < -0.4 is 14.9 Å². The van der Waals surface area contributed by atoms with Gasteiger partial charge in [-0.25, -0.2) is 9.79 Å². The lowest BCUT2D eigenvalue weighted by Gasteiger charge is -2.25. The number of aromatic nitrogens is 1. The molecular formula is C25H22ClN3O6S2. The zero-order chi connectivity index (χ0) is 26.7. The van der Waals surface area contributed by atoms with Crippen molar-refractivity contribution in [3.8, 4) is 0 Å². The van der Waals surface area contributed by atoms with Crippen LogP contribution in [0.1, 0.15) is 31.0 Å². The van der Waals surface area contributed by atoms with Crippen molar-refractivity contribution < 1.29 is 19.6 Å². The first-order valence-electron chi connectivity index (χ1n) is 11.2. The van der Waals surface area contributed by atoms with Crippen molar-refractivity contribution in [3.63, 3.8) is 0 Å². The van der Waals surface area contributed by atoms with E-state index in [9.17, 15) is 19.7 Å². The second-order valence-corrected chi connectivity index (χ2v) is 10.4. The Labute approximate surface area is 224 Å². The van der Waals surface area contributed by atoms with E-state index in [2.05, 4.69) is 4.99 Å². The van der Waals surface area contributed by atoms with Gasteiger partial charge in [0.05, 0.1) is 38.8 Å². The van der Waals surface area contributed by atoms with E-state index in [1.807, 2.05) is 0 Å². The molecule has 0 radical (unpaired) electrons. The number of allylic oxidation sites excluding steroid dienone is 1. The molecule has 1 aromatic heterocycles. The Morgan fingerprint density at radius 2 is 2.11 bits per heavy atom. The van der Waals surface area contributed by atoms with Crippen LogP contribution in [-0.2, 0) is 9.53 Å². The van der Waals surface area contributed by atoms with Crippen LogP contribution in [0.3, 0.4) is 0 Å². The quantitative estimate of drug-likeness (QED) is 0.194. The standard InChI is InChI=1S/C25H22ClN3O6S2/c1-3-35-24(32)21-14(2)27-25-28(22(21)16-6-4-5-7-17(16)26)23(31)20(37-25)13-15-8-9-19(36-11-10-30)18(12-15)29(33)34/h4-9,12-13,22,30H,3,10-11H2,1-2H3/b20-13+/t22-/m0/s1. The fourth-order valence-electron chi connectivity index (χ4n) is 3.98. The van der Waals surface area contributed by atoms with Gasteiger partial charge in [-0.15, -0.1) is 11.8 Å². The highest BCUT2D eigenvalue weighted by Crippen LogP contribution is 2.34. The summed E-state index contributed by atoms with van der Waals surface area (Å²) in [6.07, 6.45) is 1.56. The van der Waals surface area contributed by atoms with E-state index in [-0.39, 0.29) is 24.5 Å². The second kappa shape index (κ2) is 11.4. The number of rotatable bonds is 8. The molecule has 0 saturated heterocycles. The molecule has 3 aromatic rings. The number of ether oxygens (including phenoxy) is 1. The number of halogens is 1. The molecule has 192 valence electrons. The number of thioether (sulfide) groups is 1. The largest absolute Gasteiger partial charge is 0.463 e. The zero-order valence-corrected chi connectivity index (χ0v) is 22.2. The van der Waals surface area contributed by atoms with Crippen LogP contribution in [0, 0.1) is 10.1 Å². The summed E-state index contributed by atoms with van der Waals surface area (Å²) in [5.74, 6) is -0.266. The molecule has 2 heterocycles. The Hall–Kier alpha value is -3.25. The van der Waals surface area contributed by atoms with Crippen LogP contribution >= 0.6 is 34.7 Å². The predicted molar refractivity (Wildman–Crippen MR) is 143 cm³/mol. The Balaban J connectivity index is 1.90. The summed E-state index contributed by atoms with van der Waals surface area (Å²) in [7, 11) is 0. The van der Waals surface area contributed by atoms with Gasteiger partial charge in [-0.3, -0.25) is 19.5 Å². The van der Waals surface area contributed by atoms with Gasteiger partial charge in [-0.2, -0.15) is 0 Å². The number of nitrogens with zero attached hydrogens (tertiary/aromatic N) is 3. The lowest BCUT2D eigenvalue weighted by molar-refractivity contribution is -0.387. The van der Waals surface area contributed by atoms with E-state index in [0.29, 0.717) is 41.8 Å². The number of hydrogen-bond donors (Lipinski definition) is 1. The first-order chi connectivity index (χ1) is 17.8. The zero-order valence-electron chi connectivity index (χ0n) is 19.8. The maximum absolute atomic E-state index is 13.7. The van der Waals surface area contributed by atoms with Crippen molar-refractivity contribution in [2.24, 2.45) is 4.99 Å². The Morgan fingerprint density at radius 3 is 2.78 bits per heavy atom. The van der Waals surface area contributed by atoms with E-state index in [4.69, 9.17) is 21.4 Å². The predicted octanol–water partition coefficient (Wildman–Crippen LogP) is 3.44. The SMILES string of the molecule is CCOC(=O)C1=C(C)N=c2s/c(=C/c3ccc(SCCO)c([N+](=O)[O-])c3)c(=O)n2[C@H]1c1ccccc1Cl. The third kappa shape index (κ3) is 5.40. The molecule has 0 spiro atoms. The maximum Gasteiger partial charge on any atom is 0.338 e.